The summed E-state index contributed by atoms with van der Waals surface area (Å²) in [7, 11) is 1.91. The quantitative estimate of drug-likeness (QED) is 0.879. The van der Waals surface area contributed by atoms with Crippen molar-refractivity contribution in [3.63, 3.8) is 0 Å². The monoisotopic (exact) mass is 247 g/mol. The predicted octanol–water partition coefficient (Wildman–Crippen LogP) is 2.45. The Kier molecular flexibility index (Phi) is 4.10. The second-order valence-electron chi connectivity index (χ2n) is 4.50. The predicted molar refractivity (Wildman–Crippen MR) is 69.7 cm³/mol. The van der Waals surface area contributed by atoms with Gasteiger partial charge >= 0.3 is 0 Å². The van der Waals surface area contributed by atoms with Crippen LogP contribution in [0.4, 0.5) is 4.39 Å². The molecule has 0 saturated carbocycles. The highest BCUT2D eigenvalue weighted by Gasteiger charge is 2.05. The molecule has 96 valence electrons. The van der Waals surface area contributed by atoms with Gasteiger partial charge in [0.1, 0.15) is 5.82 Å². The van der Waals surface area contributed by atoms with Gasteiger partial charge in [0, 0.05) is 19.3 Å². The molecular formula is C14H18FN3. The third kappa shape index (κ3) is 3.40. The number of hydrogen-bond acceptors (Lipinski definition) is 2. The van der Waals surface area contributed by atoms with Crippen molar-refractivity contribution in [1.29, 1.82) is 0 Å². The molecule has 1 aromatic heterocycles. The largest absolute Gasteiger partial charge is 0.310 e. The molecule has 0 radical (unpaired) electrons. The Morgan fingerprint density at radius 1 is 1.44 bits per heavy atom. The van der Waals surface area contributed by atoms with Gasteiger partial charge in [-0.3, -0.25) is 4.68 Å². The molecule has 0 aliphatic rings. The first kappa shape index (κ1) is 12.8. The third-order valence-corrected chi connectivity index (χ3v) is 2.97. The zero-order valence-electron chi connectivity index (χ0n) is 10.7. The molecule has 0 amide bonds. The van der Waals surface area contributed by atoms with Crippen LogP contribution < -0.4 is 5.32 Å². The van der Waals surface area contributed by atoms with Crippen LogP contribution in [0.3, 0.4) is 0 Å². The Labute approximate surface area is 107 Å². The number of nitrogens with zero attached hydrogens (tertiary/aromatic N) is 2. The molecule has 4 heteroatoms. The topological polar surface area (TPSA) is 29.9 Å². The van der Waals surface area contributed by atoms with E-state index in [1.165, 1.54) is 11.6 Å². The summed E-state index contributed by atoms with van der Waals surface area (Å²) < 4.78 is 14.9. The Balaban J connectivity index is 1.83. The minimum atomic E-state index is -0.187. The lowest BCUT2D eigenvalue weighted by Crippen LogP contribution is -2.21. The summed E-state index contributed by atoms with van der Waals surface area (Å²) in [6.07, 6.45) is 4.80. The molecule has 0 fully saturated rings. The number of aromatic nitrogens is 2. The smallest absolute Gasteiger partial charge is 0.123 e. The molecule has 0 saturated heterocycles. The molecule has 1 N–H and O–H groups in total. The van der Waals surface area contributed by atoms with Gasteiger partial charge in [-0.15, -0.1) is 0 Å². The van der Waals surface area contributed by atoms with Crippen LogP contribution in [0.25, 0.3) is 0 Å². The van der Waals surface area contributed by atoms with E-state index in [9.17, 15) is 4.39 Å². The zero-order valence-corrected chi connectivity index (χ0v) is 10.7. The molecule has 0 aliphatic carbocycles. The lowest BCUT2D eigenvalue weighted by molar-refractivity contribution is 0.567. The summed E-state index contributed by atoms with van der Waals surface area (Å²) in [4.78, 5) is 0. The van der Waals surface area contributed by atoms with E-state index in [0.717, 1.165) is 18.5 Å². The number of rotatable bonds is 5. The highest BCUT2D eigenvalue weighted by molar-refractivity contribution is 5.19. The number of halogens is 1. The minimum absolute atomic E-state index is 0.150. The summed E-state index contributed by atoms with van der Waals surface area (Å²) in [5.41, 5.74) is 2.18. The number of benzene rings is 1. The van der Waals surface area contributed by atoms with E-state index < -0.39 is 0 Å². The maximum atomic E-state index is 13.1. The molecule has 0 bridgehead atoms. The van der Waals surface area contributed by atoms with Crippen LogP contribution in [0.5, 0.6) is 0 Å². The Hall–Kier alpha value is -1.68. The molecule has 2 aromatic rings. The van der Waals surface area contributed by atoms with Crippen molar-refractivity contribution < 1.29 is 4.39 Å². The molecule has 1 heterocycles. The molecular weight excluding hydrogens is 229 g/mol. The Morgan fingerprint density at radius 2 is 2.28 bits per heavy atom. The van der Waals surface area contributed by atoms with Crippen molar-refractivity contribution in [3.05, 3.63) is 53.6 Å². The van der Waals surface area contributed by atoms with Gasteiger partial charge in [-0.05, 0) is 43.1 Å². The lowest BCUT2D eigenvalue weighted by atomic mass is 10.1. The number of aryl methyl sites for hydroxylation is 1. The van der Waals surface area contributed by atoms with Crippen molar-refractivity contribution >= 4 is 0 Å². The fraction of sp³-hybridized carbons (Fsp3) is 0.357. The van der Waals surface area contributed by atoms with Crippen molar-refractivity contribution in [3.8, 4) is 0 Å². The maximum Gasteiger partial charge on any atom is 0.123 e. The molecule has 0 aliphatic heterocycles. The van der Waals surface area contributed by atoms with Crippen LogP contribution in [-0.2, 0) is 13.5 Å². The molecule has 18 heavy (non-hydrogen) atoms. The van der Waals surface area contributed by atoms with E-state index in [4.69, 9.17) is 0 Å². The van der Waals surface area contributed by atoms with Crippen LogP contribution in [0, 0.1) is 5.82 Å². The first-order chi connectivity index (χ1) is 8.65. The fourth-order valence-corrected chi connectivity index (χ4v) is 1.93. The third-order valence-electron chi connectivity index (χ3n) is 2.97. The van der Waals surface area contributed by atoms with Gasteiger partial charge in [0.15, 0.2) is 0 Å². The van der Waals surface area contributed by atoms with Crippen LogP contribution >= 0.6 is 0 Å². The van der Waals surface area contributed by atoms with E-state index in [1.54, 1.807) is 16.8 Å². The average molecular weight is 247 g/mol. The molecule has 1 atom stereocenters. The number of hydrogen-bond donors (Lipinski definition) is 1. The summed E-state index contributed by atoms with van der Waals surface area (Å²) in [5, 5.41) is 7.50. The van der Waals surface area contributed by atoms with Gasteiger partial charge in [0.25, 0.3) is 0 Å². The van der Waals surface area contributed by atoms with Crippen molar-refractivity contribution in [2.24, 2.45) is 7.05 Å². The Morgan fingerprint density at radius 3 is 2.94 bits per heavy atom. The van der Waals surface area contributed by atoms with Gasteiger partial charge in [-0.25, -0.2) is 4.39 Å². The van der Waals surface area contributed by atoms with Crippen molar-refractivity contribution in [2.45, 2.75) is 19.4 Å². The van der Waals surface area contributed by atoms with Gasteiger partial charge in [0.05, 0.1) is 6.20 Å². The van der Waals surface area contributed by atoms with Gasteiger partial charge in [-0.2, -0.15) is 5.10 Å². The molecule has 0 unspecified atom stereocenters. The summed E-state index contributed by atoms with van der Waals surface area (Å²) in [6.45, 7) is 2.89. The summed E-state index contributed by atoms with van der Waals surface area (Å²) in [6, 6.07) is 6.86. The van der Waals surface area contributed by atoms with Crippen molar-refractivity contribution in [2.75, 3.05) is 6.54 Å². The highest BCUT2D eigenvalue weighted by Crippen LogP contribution is 2.13. The minimum Gasteiger partial charge on any atom is -0.310 e. The van der Waals surface area contributed by atoms with Gasteiger partial charge in [-0.1, -0.05) is 12.1 Å². The molecule has 1 aromatic carbocycles. The van der Waals surface area contributed by atoms with Crippen molar-refractivity contribution in [1.82, 2.24) is 15.1 Å². The summed E-state index contributed by atoms with van der Waals surface area (Å²) in [5.74, 6) is -0.187. The van der Waals surface area contributed by atoms with Crippen LogP contribution in [0.1, 0.15) is 24.1 Å². The first-order valence-electron chi connectivity index (χ1n) is 6.11. The number of nitrogens with one attached hydrogen (secondary N) is 1. The second kappa shape index (κ2) is 5.78. The normalized spacial score (nSPS) is 12.6. The van der Waals surface area contributed by atoms with Gasteiger partial charge in [0.2, 0.25) is 0 Å². The second-order valence-corrected chi connectivity index (χ2v) is 4.50. The van der Waals surface area contributed by atoms with Crippen LogP contribution in [0.2, 0.25) is 0 Å². The lowest BCUT2D eigenvalue weighted by Gasteiger charge is -2.13. The fourth-order valence-electron chi connectivity index (χ4n) is 1.93. The van der Waals surface area contributed by atoms with Gasteiger partial charge < -0.3 is 5.32 Å². The molecule has 3 nitrogen and oxygen atoms in total. The molecule has 2 rings (SSSR count). The average Bonchev–Trinajstić information content (AvgIpc) is 2.75. The standard InChI is InChI=1S/C14H18FN3/c1-11(13-4-3-5-14(15)8-13)16-7-6-12-9-17-18(2)10-12/h3-5,8-11,16H,6-7H2,1-2H3/t11-/m1/s1. The first-order valence-corrected chi connectivity index (χ1v) is 6.11. The highest BCUT2D eigenvalue weighted by atomic mass is 19.1. The van der Waals surface area contributed by atoms with E-state index in [2.05, 4.69) is 10.4 Å². The van der Waals surface area contributed by atoms with Crippen LogP contribution in [0.15, 0.2) is 36.7 Å². The van der Waals surface area contributed by atoms with E-state index in [-0.39, 0.29) is 11.9 Å². The molecule has 0 spiro atoms. The van der Waals surface area contributed by atoms with E-state index in [1.807, 2.05) is 32.4 Å². The Bertz CT molecular complexity index is 507. The SMILES string of the molecule is C[C@@H](NCCc1cnn(C)c1)c1cccc(F)c1. The zero-order chi connectivity index (χ0) is 13.0. The maximum absolute atomic E-state index is 13.1. The van der Waals surface area contributed by atoms with E-state index >= 15 is 0 Å². The van der Waals surface area contributed by atoms with E-state index in [0.29, 0.717) is 0 Å². The van der Waals surface area contributed by atoms with Crippen LogP contribution in [-0.4, -0.2) is 16.3 Å². The summed E-state index contributed by atoms with van der Waals surface area (Å²) >= 11 is 0.